The van der Waals surface area contributed by atoms with Crippen molar-refractivity contribution in [1.82, 2.24) is 19.3 Å². The summed E-state index contributed by atoms with van der Waals surface area (Å²) in [5.41, 5.74) is 1.03. The maximum Gasteiger partial charge on any atom is 0.369 e. The zero-order valence-corrected chi connectivity index (χ0v) is 21.1. The van der Waals surface area contributed by atoms with Crippen LogP contribution in [-0.4, -0.2) is 59.5 Å². The third kappa shape index (κ3) is 4.81. The summed E-state index contributed by atoms with van der Waals surface area (Å²) < 4.78 is 41.3. The van der Waals surface area contributed by atoms with Crippen LogP contribution in [0.15, 0.2) is 23.1 Å². The second-order valence-electron chi connectivity index (χ2n) is 8.63. The van der Waals surface area contributed by atoms with Crippen molar-refractivity contribution in [3.8, 4) is 17.0 Å². The summed E-state index contributed by atoms with van der Waals surface area (Å²) in [5, 5.41) is 14.7. The Morgan fingerprint density at radius 1 is 1.35 bits per heavy atom. The summed E-state index contributed by atoms with van der Waals surface area (Å²) in [6.07, 6.45) is 2.14. The van der Waals surface area contributed by atoms with Gasteiger partial charge in [-0.1, -0.05) is 11.3 Å². The zero-order chi connectivity index (χ0) is 24.7. The number of fused-ring (bicyclic) bond motifs is 1. The number of aliphatic hydroxyl groups is 1. The van der Waals surface area contributed by atoms with Crippen molar-refractivity contribution in [2.75, 3.05) is 13.7 Å². The second-order valence-corrected chi connectivity index (χ2v) is 11.3. The number of ether oxygens (including phenoxy) is 2. The van der Waals surface area contributed by atoms with E-state index in [1.54, 1.807) is 32.9 Å². The van der Waals surface area contributed by atoms with E-state index >= 15 is 0 Å². The van der Waals surface area contributed by atoms with Crippen LogP contribution < -0.4 is 9.46 Å². The molecule has 1 fully saturated rings. The molecule has 0 radical (unpaired) electrons. The van der Waals surface area contributed by atoms with E-state index < -0.39 is 21.6 Å². The van der Waals surface area contributed by atoms with Crippen LogP contribution >= 0.6 is 11.3 Å². The Balaban J connectivity index is 1.71. The van der Waals surface area contributed by atoms with Crippen LogP contribution in [-0.2, 0) is 14.8 Å². The molecule has 1 aliphatic rings. The van der Waals surface area contributed by atoms with Crippen LogP contribution in [0.1, 0.15) is 55.0 Å². The average Bonchev–Trinajstić information content (AvgIpc) is 3.31. The van der Waals surface area contributed by atoms with Crippen molar-refractivity contribution in [2.45, 2.75) is 63.0 Å². The first-order valence-corrected chi connectivity index (χ1v) is 13.3. The molecular formula is C22H28N4O6S2. The molecule has 0 unspecified atom stereocenters. The highest BCUT2D eigenvalue weighted by atomic mass is 32.2. The molecule has 0 aliphatic heterocycles. The number of benzene rings is 1. The van der Waals surface area contributed by atoms with E-state index in [1.165, 1.54) is 17.7 Å². The molecule has 3 aromatic rings. The molecule has 34 heavy (non-hydrogen) atoms. The van der Waals surface area contributed by atoms with Crippen molar-refractivity contribution in [3.63, 3.8) is 0 Å². The van der Waals surface area contributed by atoms with Crippen LogP contribution in [0.4, 0.5) is 0 Å². The fourth-order valence-electron chi connectivity index (χ4n) is 4.13. The molecule has 10 nitrogen and oxygen atoms in total. The normalized spacial score (nSPS) is 21.0. The van der Waals surface area contributed by atoms with Crippen LogP contribution in [0.2, 0.25) is 0 Å². The standard InChI is InChI=1S/C22H28N4O6S2/c1-5-32-20(27)19-24-26-18(13(2)23-21(26)33-19)14-6-7-16(31-4)17(12-14)34(29,30)25-15-8-10-22(3,28)11-9-15/h6-7,12,15,25,28H,5,8-11H2,1-4H3. The molecule has 0 spiro atoms. The van der Waals surface area contributed by atoms with Crippen molar-refractivity contribution >= 4 is 32.3 Å². The van der Waals surface area contributed by atoms with E-state index in [1.807, 2.05) is 0 Å². The number of hydrogen-bond donors (Lipinski definition) is 2. The van der Waals surface area contributed by atoms with Gasteiger partial charge in [0.1, 0.15) is 10.6 Å². The Bertz CT molecular complexity index is 1320. The monoisotopic (exact) mass is 508 g/mol. The summed E-state index contributed by atoms with van der Waals surface area (Å²) in [6, 6.07) is 4.58. The van der Waals surface area contributed by atoms with Gasteiger partial charge in [-0.05, 0) is 64.7 Å². The number of nitrogens with one attached hydrogen (secondary N) is 1. The Morgan fingerprint density at radius 3 is 2.71 bits per heavy atom. The van der Waals surface area contributed by atoms with Gasteiger partial charge in [-0.25, -0.2) is 27.4 Å². The lowest BCUT2D eigenvalue weighted by atomic mass is 9.84. The number of esters is 1. The van der Waals surface area contributed by atoms with Crippen LogP contribution in [0.25, 0.3) is 16.2 Å². The Hall–Kier alpha value is -2.54. The first-order chi connectivity index (χ1) is 16.0. The number of imidazole rings is 1. The molecule has 4 rings (SSSR count). The molecule has 0 atom stereocenters. The topological polar surface area (TPSA) is 132 Å². The zero-order valence-electron chi connectivity index (χ0n) is 19.5. The molecule has 1 aromatic carbocycles. The van der Waals surface area contributed by atoms with E-state index in [0.717, 1.165) is 11.3 Å². The van der Waals surface area contributed by atoms with Gasteiger partial charge in [0.2, 0.25) is 20.0 Å². The summed E-state index contributed by atoms with van der Waals surface area (Å²) >= 11 is 1.11. The summed E-state index contributed by atoms with van der Waals surface area (Å²) in [4.78, 5) is 17.1. The van der Waals surface area contributed by atoms with Gasteiger partial charge in [-0.2, -0.15) is 0 Å². The SMILES string of the molecule is CCOC(=O)c1nn2c(-c3ccc(OC)c(S(=O)(=O)NC4CCC(C)(O)CC4)c3)c(C)nc2s1. The number of hydrogen-bond acceptors (Lipinski definition) is 9. The third-order valence-corrected chi connectivity index (χ3v) is 8.37. The quantitative estimate of drug-likeness (QED) is 0.466. The Morgan fingerprint density at radius 2 is 2.06 bits per heavy atom. The lowest BCUT2D eigenvalue weighted by molar-refractivity contribution is 0.0163. The number of aromatic nitrogens is 3. The van der Waals surface area contributed by atoms with Gasteiger partial charge in [0, 0.05) is 11.6 Å². The maximum atomic E-state index is 13.3. The van der Waals surface area contributed by atoms with Crippen LogP contribution in [0.3, 0.4) is 0 Å². The largest absolute Gasteiger partial charge is 0.495 e. The summed E-state index contributed by atoms with van der Waals surface area (Å²) in [6.45, 7) is 5.52. The number of aryl methyl sites for hydroxylation is 1. The molecule has 2 aromatic heterocycles. The Kier molecular flexibility index (Phi) is 6.69. The number of carbonyl (C=O) groups excluding carboxylic acids is 1. The fourth-order valence-corrected chi connectivity index (χ4v) is 6.47. The van der Waals surface area contributed by atoms with Crippen molar-refractivity contribution in [3.05, 3.63) is 28.9 Å². The minimum atomic E-state index is -3.91. The van der Waals surface area contributed by atoms with Gasteiger partial charge < -0.3 is 14.6 Å². The van der Waals surface area contributed by atoms with Gasteiger partial charge in [0.15, 0.2) is 0 Å². The lowest BCUT2D eigenvalue weighted by Gasteiger charge is -2.33. The average molecular weight is 509 g/mol. The van der Waals surface area contributed by atoms with Gasteiger partial charge in [-0.3, -0.25) is 0 Å². The van der Waals surface area contributed by atoms with Gasteiger partial charge in [-0.15, -0.1) is 5.10 Å². The van der Waals surface area contributed by atoms with Crippen LogP contribution in [0, 0.1) is 6.92 Å². The summed E-state index contributed by atoms with van der Waals surface area (Å²) in [7, 11) is -2.50. The van der Waals surface area contributed by atoms with Gasteiger partial charge in [0.25, 0.3) is 0 Å². The highest BCUT2D eigenvalue weighted by Crippen LogP contribution is 2.34. The first kappa shape index (κ1) is 24.6. The van der Waals surface area contributed by atoms with Gasteiger partial charge in [0.05, 0.1) is 30.7 Å². The molecule has 0 amide bonds. The van der Waals surface area contributed by atoms with E-state index in [2.05, 4.69) is 14.8 Å². The predicted molar refractivity (Wildman–Crippen MR) is 127 cm³/mol. The number of rotatable bonds is 7. The van der Waals surface area contributed by atoms with E-state index in [0.29, 0.717) is 47.6 Å². The van der Waals surface area contributed by atoms with Crippen molar-refractivity contribution in [2.24, 2.45) is 0 Å². The molecule has 1 saturated carbocycles. The predicted octanol–water partition coefficient (Wildman–Crippen LogP) is 2.92. The molecule has 0 saturated heterocycles. The molecule has 1 aliphatic carbocycles. The van der Waals surface area contributed by atoms with E-state index in [9.17, 15) is 18.3 Å². The number of sulfonamides is 1. The Labute approximate surface area is 202 Å². The summed E-state index contributed by atoms with van der Waals surface area (Å²) in [5.74, 6) is -0.321. The van der Waals surface area contributed by atoms with Gasteiger partial charge >= 0.3 is 5.97 Å². The van der Waals surface area contributed by atoms with Crippen LogP contribution in [0.5, 0.6) is 5.75 Å². The number of carbonyl (C=O) groups is 1. The molecule has 184 valence electrons. The molecule has 2 N–H and O–H groups in total. The fraction of sp³-hybridized carbons (Fsp3) is 0.500. The minimum absolute atomic E-state index is 0.0000273. The molecular weight excluding hydrogens is 480 g/mol. The lowest BCUT2D eigenvalue weighted by Crippen LogP contribution is -2.42. The minimum Gasteiger partial charge on any atom is -0.495 e. The molecule has 2 heterocycles. The first-order valence-electron chi connectivity index (χ1n) is 11.0. The highest BCUT2D eigenvalue weighted by Gasteiger charge is 2.32. The number of methoxy groups -OCH3 is 1. The second kappa shape index (κ2) is 9.25. The van der Waals surface area contributed by atoms with Crippen molar-refractivity contribution in [1.29, 1.82) is 0 Å². The molecule has 12 heteroatoms. The third-order valence-electron chi connectivity index (χ3n) is 5.94. The van der Waals surface area contributed by atoms with E-state index in [-0.39, 0.29) is 28.3 Å². The smallest absolute Gasteiger partial charge is 0.369 e. The highest BCUT2D eigenvalue weighted by molar-refractivity contribution is 7.89. The van der Waals surface area contributed by atoms with Crippen molar-refractivity contribution < 1.29 is 27.8 Å². The number of nitrogens with zero attached hydrogens (tertiary/aromatic N) is 3. The van der Waals surface area contributed by atoms with E-state index in [4.69, 9.17) is 9.47 Å². The molecule has 0 bridgehead atoms. The maximum absolute atomic E-state index is 13.3.